The Kier molecular flexibility index (Phi) is 4.86. The van der Waals surface area contributed by atoms with Crippen molar-refractivity contribution in [2.75, 3.05) is 6.61 Å². The summed E-state index contributed by atoms with van der Waals surface area (Å²) in [7, 11) is 0. The van der Waals surface area contributed by atoms with Crippen LogP contribution in [0, 0.1) is 0 Å². The zero-order valence-corrected chi connectivity index (χ0v) is 10.5. The fourth-order valence-electron chi connectivity index (χ4n) is 1.77. The molecular weight excluding hydrogens is 231 g/mol. The average Bonchev–Trinajstić information content (AvgIpc) is 2.93. The molecule has 0 saturated heterocycles. The first-order chi connectivity index (χ1) is 7.83. The van der Waals surface area contributed by atoms with Gasteiger partial charge in [-0.2, -0.15) is 13.2 Å². The molecule has 0 heterocycles. The smallest absolute Gasteiger partial charge is 0.391 e. The molecule has 0 spiro atoms. The molecule has 1 fully saturated rings. The molecule has 0 aromatic carbocycles. The molecule has 0 aliphatic heterocycles. The van der Waals surface area contributed by atoms with Crippen molar-refractivity contribution in [1.82, 2.24) is 5.32 Å². The zero-order valence-electron chi connectivity index (χ0n) is 10.5. The van der Waals surface area contributed by atoms with Gasteiger partial charge in [0.25, 0.3) is 0 Å². The van der Waals surface area contributed by atoms with E-state index in [1.807, 2.05) is 13.8 Å². The number of hydrogen-bond acceptors (Lipinski definition) is 2. The molecule has 1 aliphatic carbocycles. The van der Waals surface area contributed by atoms with Crippen molar-refractivity contribution >= 4 is 0 Å². The molecule has 0 radical (unpaired) electrons. The minimum absolute atomic E-state index is 0.00263. The number of nitrogens with one attached hydrogen (secondary N) is 1. The van der Waals surface area contributed by atoms with Crippen molar-refractivity contribution in [3.05, 3.63) is 11.3 Å². The van der Waals surface area contributed by atoms with Crippen LogP contribution in [0.15, 0.2) is 11.3 Å². The van der Waals surface area contributed by atoms with Gasteiger partial charge in [-0.15, -0.1) is 0 Å². The first kappa shape index (κ1) is 14.4. The lowest BCUT2D eigenvalue weighted by Crippen LogP contribution is -2.40. The topological polar surface area (TPSA) is 21.3 Å². The standard InChI is InChI=1S/C12H20F3NO/c1-4-17-11(9-5-6-9)10(16-8(2)3)7-12(13,14)15/h8,10,16H,4-7H2,1-3H3. The second-order valence-corrected chi connectivity index (χ2v) is 4.59. The summed E-state index contributed by atoms with van der Waals surface area (Å²) in [4.78, 5) is 0. The molecule has 0 bridgehead atoms. The van der Waals surface area contributed by atoms with Gasteiger partial charge >= 0.3 is 6.18 Å². The molecule has 1 rings (SSSR count). The predicted octanol–water partition coefficient (Wildman–Crippen LogP) is 3.39. The third-order valence-electron chi connectivity index (χ3n) is 2.43. The largest absolute Gasteiger partial charge is 0.497 e. The maximum absolute atomic E-state index is 12.5. The molecule has 1 unspecified atom stereocenters. The van der Waals surface area contributed by atoms with Crippen LogP contribution < -0.4 is 5.32 Å². The first-order valence-corrected chi connectivity index (χ1v) is 6.01. The minimum atomic E-state index is -4.18. The van der Waals surface area contributed by atoms with Crippen molar-refractivity contribution in [3.8, 4) is 0 Å². The summed E-state index contributed by atoms with van der Waals surface area (Å²) < 4.78 is 43.0. The predicted molar refractivity (Wildman–Crippen MR) is 60.6 cm³/mol. The normalized spacial score (nSPS) is 17.2. The lowest BCUT2D eigenvalue weighted by atomic mass is 10.1. The highest BCUT2D eigenvalue weighted by Gasteiger charge is 2.36. The minimum Gasteiger partial charge on any atom is -0.497 e. The highest BCUT2D eigenvalue weighted by molar-refractivity contribution is 5.25. The molecule has 0 amide bonds. The highest BCUT2D eigenvalue weighted by atomic mass is 19.4. The van der Waals surface area contributed by atoms with E-state index in [-0.39, 0.29) is 6.04 Å². The van der Waals surface area contributed by atoms with Gasteiger partial charge < -0.3 is 10.1 Å². The molecule has 17 heavy (non-hydrogen) atoms. The third kappa shape index (κ3) is 5.44. The zero-order chi connectivity index (χ0) is 13.1. The third-order valence-corrected chi connectivity index (χ3v) is 2.43. The van der Waals surface area contributed by atoms with Gasteiger partial charge in [0, 0.05) is 6.04 Å². The van der Waals surface area contributed by atoms with Crippen LogP contribution in [0.3, 0.4) is 0 Å². The Bertz CT molecular complexity index is 278. The van der Waals surface area contributed by atoms with E-state index in [1.165, 1.54) is 0 Å². The van der Waals surface area contributed by atoms with Gasteiger partial charge in [-0.3, -0.25) is 0 Å². The van der Waals surface area contributed by atoms with Crippen LogP contribution in [0.2, 0.25) is 0 Å². The Morgan fingerprint density at radius 3 is 2.29 bits per heavy atom. The van der Waals surface area contributed by atoms with Gasteiger partial charge in [-0.05, 0) is 25.3 Å². The molecule has 0 aromatic heterocycles. The second-order valence-electron chi connectivity index (χ2n) is 4.59. The Morgan fingerprint density at radius 1 is 1.35 bits per heavy atom. The molecule has 1 saturated carbocycles. The summed E-state index contributed by atoms with van der Waals surface area (Å²) in [6, 6.07) is -0.746. The van der Waals surface area contributed by atoms with Gasteiger partial charge in [0.15, 0.2) is 0 Å². The van der Waals surface area contributed by atoms with E-state index in [0.717, 1.165) is 18.4 Å². The monoisotopic (exact) mass is 251 g/mol. The summed E-state index contributed by atoms with van der Waals surface area (Å²) in [5.41, 5.74) is 1.02. The number of rotatable bonds is 6. The Balaban J connectivity index is 2.77. The Labute approximate surface area is 100 Å². The van der Waals surface area contributed by atoms with Crippen molar-refractivity contribution in [1.29, 1.82) is 0 Å². The van der Waals surface area contributed by atoms with Crippen LogP contribution in [0.1, 0.15) is 40.0 Å². The highest BCUT2D eigenvalue weighted by Crippen LogP contribution is 2.36. The first-order valence-electron chi connectivity index (χ1n) is 6.01. The number of hydrogen-bond donors (Lipinski definition) is 1. The van der Waals surface area contributed by atoms with Crippen molar-refractivity contribution in [2.45, 2.75) is 58.3 Å². The lowest BCUT2D eigenvalue weighted by molar-refractivity contribution is -0.140. The number of ether oxygens (including phenoxy) is 1. The fourth-order valence-corrected chi connectivity index (χ4v) is 1.77. The van der Waals surface area contributed by atoms with Crippen LogP contribution in [0.5, 0.6) is 0 Å². The van der Waals surface area contributed by atoms with E-state index in [2.05, 4.69) is 5.32 Å². The average molecular weight is 251 g/mol. The Morgan fingerprint density at radius 2 is 1.94 bits per heavy atom. The molecule has 1 aliphatic rings. The SMILES string of the molecule is CCOC(=C1CC1)C(CC(F)(F)F)NC(C)C. The van der Waals surface area contributed by atoms with Crippen LogP contribution in [-0.4, -0.2) is 24.9 Å². The van der Waals surface area contributed by atoms with E-state index >= 15 is 0 Å². The summed E-state index contributed by atoms with van der Waals surface area (Å²) in [6.07, 6.45) is -3.32. The van der Waals surface area contributed by atoms with Gasteiger partial charge in [0.2, 0.25) is 0 Å². The van der Waals surface area contributed by atoms with E-state index in [0.29, 0.717) is 12.4 Å². The van der Waals surface area contributed by atoms with Gasteiger partial charge in [0.1, 0.15) is 5.76 Å². The summed E-state index contributed by atoms with van der Waals surface area (Å²) >= 11 is 0. The van der Waals surface area contributed by atoms with Gasteiger partial charge in [-0.1, -0.05) is 13.8 Å². The molecule has 1 N–H and O–H groups in total. The summed E-state index contributed by atoms with van der Waals surface area (Å²) in [6.45, 7) is 5.88. The molecule has 100 valence electrons. The molecule has 2 nitrogen and oxygen atoms in total. The number of alkyl halides is 3. The number of allylic oxidation sites excluding steroid dienone is 1. The Hall–Kier alpha value is -0.710. The van der Waals surface area contributed by atoms with Crippen molar-refractivity contribution in [3.63, 3.8) is 0 Å². The maximum atomic E-state index is 12.5. The number of halogens is 3. The van der Waals surface area contributed by atoms with E-state index in [9.17, 15) is 13.2 Å². The summed E-state index contributed by atoms with van der Waals surface area (Å²) in [5.74, 6) is 0.513. The second kappa shape index (κ2) is 5.76. The molecule has 5 heteroatoms. The molecule has 0 aromatic rings. The molecule has 1 atom stereocenters. The molecular formula is C12H20F3NO. The van der Waals surface area contributed by atoms with Gasteiger partial charge in [-0.25, -0.2) is 0 Å². The van der Waals surface area contributed by atoms with Crippen LogP contribution in [0.4, 0.5) is 13.2 Å². The van der Waals surface area contributed by atoms with Crippen molar-refractivity contribution < 1.29 is 17.9 Å². The van der Waals surface area contributed by atoms with Crippen LogP contribution in [0.25, 0.3) is 0 Å². The van der Waals surface area contributed by atoms with Crippen LogP contribution >= 0.6 is 0 Å². The summed E-state index contributed by atoms with van der Waals surface area (Å²) in [5, 5.41) is 2.94. The fraction of sp³-hybridized carbons (Fsp3) is 0.833. The van der Waals surface area contributed by atoms with E-state index in [1.54, 1.807) is 6.92 Å². The van der Waals surface area contributed by atoms with Crippen LogP contribution in [-0.2, 0) is 4.74 Å². The van der Waals surface area contributed by atoms with Gasteiger partial charge in [0.05, 0.1) is 19.1 Å². The van der Waals surface area contributed by atoms with E-state index in [4.69, 9.17) is 4.74 Å². The lowest BCUT2D eigenvalue weighted by Gasteiger charge is -2.25. The van der Waals surface area contributed by atoms with Crippen molar-refractivity contribution in [2.24, 2.45) is 0 Å². The quantitative estimate of drug-likeness (QED) is 0.731. The maximum Gasteiger partial charge on any atom is 0.391 e. The van der Waals surface area contributed by atoms with E-state index < -0.39 is 18.6 Å².